The van der Waals surface area contributed by atoms with Crippen molar-refractivity contribution in [2.75, 3.05) is 19.7 Å². The maximum atomic E-state index is 12.2. The Morgan fingerprint density at radius 3 is 2.45 bits per heavy atom. The number of hydrogen-bond donors (Lipinski definition) is 0. The molecule has 5 heteroatoms. The molecule has 0 aliphatic carbocycles. The molecule has 2 rings (SSSR count). The van der Waals surface area contributed by atoms with Gasteiger partial charge in [0.2, 0.25) is 5.91 Å². The first kappa shape index (κ1) is 17.2. The van der Waals surface area contributed by atoms with Crippen LogP contribution in [0, 0.1) is 9.49 Å². The smallest absolute Gasteiger partial charge is 0.309 e. The van der Waals surface area contributed by atoms with Crippen LogP contribution in [0.15, 0.2) is 24.3 Å². The molecule has 120 valence electrons. The van der Waals surface area contributed by atoms with Crippen LogP contribution in [0.2, 0.25) is 0 Å². The summed E-state index contributed by atoms with van der Waals surface area (Å²) in [5, 5.41) is 0. The minimum atomic E-state index is -0.117. The van der Waals surface area contributed by atoms with E-state index in [1.165, 1.54) is 9.13 Å². The number of halogens is 1. The maximum absolute atomic E-state index is 12.2. The number of amides is 1. The van der Waals surface area contributed by atoms with Crippen LogP contribution in [0.1, 0.15) is 31.7 Å². The molecule has 0 spiro atoms. The van der Waals surface area contributed by atoms with Crippen LogP contribution >= 0.6 is 22.6 Å². The summed E-state index contributed by atoms with van der Waals surface area (Å²) in [6.45, 7) is 3.57. The van der Waals surface area contributed by atoms with E-state index in [2.05, 4.69) is 46.9 Å². The van der Waals surface area contributed by atoms with Gasteiger partial charge in [0.15, 0.2) is 0 Å². The van der Waals surface area contributed by atoms with E-state index in [1.54, 1.807) is 0 Å². The lowest BCUT2D eigenvalue weighted by atomic mass is 9.96. The van der Waals surface area contributed by atoms with Crippen LogP contribution in [-0.4, -0.2) is 36.5 Å². The van der Waals surface area contributed by atoms with Crippen molar-refractivity contribution in [3.8, 4) is 0 Å². The minimum Gasteiger partial charge on any atom is -0.466 e. The van der Waals surface area contributed by atoms with E-state index in [4.69, 9.17) is 4.74 Å². The van der Waals surface area contributed by atoms with Gasteiger partial charge in [0.1, 0.15) is 0 Å². The average molecular weight is 415 g/mol. The van der Waals surface area contributed by atoms with Gasteiger partial charge in [-0.15, -0.1) is 0 Å². The van der Waals surface area contributed by atoms with Crippen LogP contribution in [0.3, 0.4) is 0 Å². The van der Waals surface area contributed by atoms with Crippen molar-refractivity contribution < 1.29 is 14.3 Å². The Hall–Kier alpha value is -1.11. The molecule has 1 aromatic carbocycles. The fourth-order valence-electron chi connectivity index (χ4n) is 2.69. The molecule has 0 aromatic heterocycles. The molecule has 1 aliphatic rings. The maximum Gasteiger partial charge on any atom is 0.309 e. The first-order chi connectivity index (χ1) is 10.6. The number of likely N-dealkylation sites (tertiary alicyclic amines) is 1. The van der Waals surface area contributed by atoms with Gasteiger partial charge in [-0.25, -0.2) is 0 Å². The zero-order chi connectivity index (χ0) is 15.9. The van der Waals surface area contributed by atoms with Gasteiger partial charge < -0.3 is 9.64 Å². The van der Waals surface area contributed by atoms with Crippen molar-refractivity contribution in [1.29, 1.82) is 0 Å². The number of carbonyl (C=O) groups excluding carboxylic acids is 2. The highest BCUT2D eigenvalue weighted by Gasteiger charge is 2.27. The Kier molecular flexibility index (Phi) is 6.67. The van der Waals surface area contributed by atoms with Crippen molar-refractivity contribution in [1.82, 2.24) is 4.90 Å². The third-order valence-electron chi connectivity index (χ3n) is 4.01. The molecular formula is C17H22INO3. The third kappa shape index (κ3) is 4.97. The highest BCUT2D eigenvalue weighted by Crippen LogP contribution is 2.19. The van der Waals surface area contributed by atoms with Gasteiger partial charge in [0.25, 0.3) is 0 Å². The van der Waals surface area contributed by atoms with Crippen LogP contribution in [-0.2, 0) is 20.7 Å². The number of ether oxygens (including phenoxy) is 1. The summed E-state index contributed by atoms with van der Waals surface area (Å²) >= 11 is 2.27. The molecule has 0 radical (unpaired) electrons. The molecule has 0 unspecified atom stereocenters. The molecular weight excluding hydrogens is 393 g/mol. The second kappa shape index (κ2) is 8.50. The Morgan fingerprint density at radius 1 is 1.23 bits per heavy atom. The van der Waals surface area contributed by atoms with Gasteiger partial charge in [-0.3, -0.25) is 9.59 Å². The topological polar surface area (TPSA) is 46.6 Å². The second-order valence-electron chi connectivity index (χ2n) is 5.53. The van der Waals surface area contributed by atoms with Crippen molar-refractivity contribution >= 4 is 34.5 Å². The quantitative estimate of drug-likeness (QED) is 0.549. The van der Waals surface area contributed by atoms with E-state index in [1.807, 2.05) is 11.8 Å². The van der Waals surface area contributed by atoms with Gasteiger partial charge in [-0.1, -0.05) is 12.1 Å². The second-order valence-corrected chi connectivity index (χ2v) is 6.78. The number of nitrogens with zero attached hydrogens (tertiary/aromatic N) is 1. The van der Waals surface area contributed by atoms with Gasteiger partial charge in [0, 0.05) is 23.1 Å². The Balaban J connectivity index is 1.75. The molecule has 1 aliphatic heterocycles. The third-order valence-corrected chi connectivity index (χ3v) is 4.73. The van der Waals surface area contributed by atoms with E-state index in [9.17, 15) is 9.59 Å². The summed E-state index contributed by atoms with van der Waals surface area (Å²) in [4.78, 5) is 25.8. The standard InChI is InChI=1S/C17H22INO3/c1-2-22-17(21)14-9-11-19(12-10-14)16(20)8-5-13-3-6-15(18)7-4-13/h3-4,6-7,14H,2,5,8-12H2,1H3. The fraction of sp³-hybridized carbons (Fsp3) is 0.529. The van der Waals surface area contributed by atoms with E-state index in [0.29, 0.717) is 39.0 Å². The molecule has 0 atom stereocenters. The van der Waals surface area contributed by atoms with Gasteiger partial charge in [0.05, 0.1) is 12.5 Å². The van der Waals surface area contributed by atoms with Crippen molar-refractivity contribution in [3.05, 3.63) is 33.4 Å². The lowest BCUT2D eigenvalue weighted by Gasteiger charge is -2.31. The number of rotatable bonds is 5. The summed E-state index contributed by atoms with van der Waals surface area (Å²) < 4.78 is 6.25. The van der Waals surface area contributed by atoms with Crippen molar-refractivity contribution in [3.63, 3.8) is 0 Å². The van der Waals surface area contributed by atoms with Crippen LogP contribution in [0.5, 0.6) is 0 Å². The monoisotopic (exact) mass is 415 g/mol. The molecule has 1 saturated heterocycles. The summed E-state index contributed by atoms with van der Waals surface area (Å²) in [6, 6.07) is 8.26. The van der Waals surface area contributed by atoms with Gasteiger partial charge >= 0.3 is 5.97 Å². The number of benzene rings is 1. The number of esters is 1. The minimum absolute atomic E-state index is 0.0415. The predicted octanol–water partition coefficient (Wildman–Crippen LogP) is 3.03. The van der Waals surface area contributed by atoms with E-state index < -0.39 is 0 Å². The number of carbonyl (C=O) groups is 2. The zero-order valence-electron chi connectivity index (χ0n) is 12.9. The molecule has 22 heavy (non-hydrogen) atoms. The lowest BCUT2D eigenvalue weighted by molar-refractivity contribution is -0.151. The molecule has 1 heterocycles. The summed E-state index contributed by atoms with van der Waals surface area (Å²) in [5.41, 5.74) is 1.19. The van der Waals surface area contributed by atoms with Gasteiger partial charge in [-0.2, -0.15) is 0 Å². The molecule has 0 saturated carbocycles. The highest BCUT2D eigenvalue weighted by molar-refractivity contribution is 14.1. The van der Waals surface area contributed by atoms with E-state index in [0.717, 1.165) is 6.42 Å². The largest absolute Gasteiger partial charge is 0.466 e. The van der Waals surface area contributed by atoms with E-state index in [-0.39, 0.29) is 17.8 Å². The molecule has 1 aromatic rings. The Morgan fingerprint density at radius 2 is 1.86 bits per heavy atom. The van der Waals surface area contributed by atoms with Crippen LogP contribution in [0.25, 0.3) is 0 Å². The summed E-state index contributed by atoms with van der Waals surface area (Å²) in [7, 11) is 0. The Bertz CT molecular complexity index is 507. The normalized spacial score (nSPS) is 15.6. The Labute approximate surface area is 145 Å². The van der Waals surface area contributed by atoms with Crippen molar-refractivity contribution in [2.24, 2.45) is 5.92 Å². The zero-order valence-corrected chi connectivity index (χ0v) is 15.0. The number of piperidine rings is 1. The van der Waals surface area contributed by atoms with Crippen LogP contribution < -0.4 is 0 Å². The number of aryl methyl sites for hydroxylation is 1. The summed E-state index contributed by atoms with van der Waals surface area (Å²) in [6.07, 6.45) is 2.74. The highest BCUT2D eigenvalue weighted by atomic mass is 127. The first-order valence-electron chi connectivity index (χ1n) is 7.79. The fourth-order valence-corrected chi connectivity index (χ4v) is 3.04. The average Bonchev–Trinajstić information content (AvgIpc) is 2.54. The molecule has 0 N–H and O–H groups in total. The molecule has 4 nitrogen and oxygen atoms in total. The van der Waals surface area contributed by atoms with Gasteiger partial charge in [-0.05, 0) is 66.5 Å². The first-order valence-corrected chi connectivity index (χ1v) is 8.87. The lowest BCUT2D eigenvalue weighted by Crippen LogP contribution is -2.40. The number of hydrogen-bond acceptors (Lipinski definition) is 3. The van der Waals surface area contributed by atoms with Crippen LogP contribution in [0.4, 0.5) is 0 Å². The SMILES string of the molecule is CCOC(=O)C1CCN(C(=O)CCc2ccc(I)cc2)CC1. The predicted molar refractivity (Wildman–Crippen MR) is 93.4 cm³/mol. The van der Waals surface area contributed by atoms with Crippen molar-refractivity contribution in [2.45, 2.75) is 32.6 Å². The molecule has 0 bridgehead atoms. The molecule has 1 amide bonds. The molecule has 1 fully saturated rings. The van der Waals surface area contributed by atoms with E-state index >= 15 is 0 Å². The summed E-state index contributed by atoms with van der Waals surface area (Å²) in [5.74, 6) is 0.0227.